The Hall–Kier alpha value is -3.97. The highest BCUT2D eigenvalue weighted by Crippen LogP contribution is 2.34. The van der Waals surface area contributed by atoms with Crippen molar-refractivity contribution in [2.45, 2.75) is 0 Å². The average Bonchev–Trinajstić information content (AvgIpc) is 3.38. The van der Waals surface area contributed by atoms with Crippen LogP contribution in [-0.2, 0) is 0 Å². The van der Waals surface area contributed by atoms with Crippen molar-refractivity contribution >= 4 is 23.2 Å². The molecule has 0 saturated carbocycles. The number of nitrogens with zero attached hydrogens (tertiary/aromatic N) is 4. The van der Waals surface area contributed by atoms with Crippen molar-refractivity contribution in [2.24, 2.45) is 0 Å². The lowest BCUT2D eigenvalue weighted by atomic mass is 10.1. The van der Waals surface area contributed by atoms with Gasteiger partial charge in [0, 0.05) is 48.5 Å². The minimum absolute atomic E-state index is 0.0594. The van der Waals surface area contributed by atoms with Crippen LogP contribution in [-0.4, -0.2) is 61.0 Å². The average molecular weight is 503 g/mol. The highest BCUT2D eigenvalue weighted by Gasteiger charge is 2.27. The van der Waals surface area contributed by atoms with E-state index in [1.54, 1.807) is 18.9 Å². The first-order valence-corrected chi connectivity index (χ1v) is 12.1. The van der Waals surface area contributed by atoms with Gasteiger partial charge in [-0.3, -0.25) is 4.79 Å². The number of amides is 1. The molecule has 7 nitrogen and oxygen atoms in total. The summed E-state index contributed by atoms with van der Waals surface area (Å²) in [6.07, 6.45) is 0. The number of carbonyl (C=O) groups excluding carboxylic acids is 1. The number of para-hydroxylation sites is 1. The number of carbonyl (C=O) groups is 1. The maximum atomic E-state index is 13.8. The molecule has 0 radical (unpaired) electrons. The van der Waals surface area contributed by atoms with Crippen LogP contribution in [0.2, 0.25) is 5.02 Å². The van der Waals surface area contributed by atoms with Crippen molar-refractivity contribution in [3.63, 3.8) is 0 Å². The summed E-state index contributed by atoms with van der Waals surface area (Å²) in [5, 5.41) is 5.53. The van der Waals surface area contributed by atoms with Crippen molar-refractivity contribution in [3.05, 3.63) is 89.6 Å². The lowest BCUT2D eigenvalue weighted by molar-refractivity contribution is 0.0737. The summed E-state index contributed by atoms with van der Waals surface area (Å²) < 4.78 is 12.6. The predicted octanol–water partition coefficient (Wildman–Crippen LogP) is 5.17. The second kappa shape index (κ2) is 10.3. The van der Waals surface area contributed by atoms with Gasteiger partial charge >= 0.3 is 0 Å². The number of benzene rings is 3. The van der Waals surface area contributed by atoms with Gasteiger partial charge in [-0.15, -0.1) is 0 Å². The summed E-state index contributed by atoms with van der Waals surface area (Å²) in [7, 11) is 3.22. The van der Waals surface area contributed by atoms with Gasteiger partial charge in [-0.25, -0.2) is 4.68 Å². The highest BCUT2D eigenvalue weighted by atomic mass is 35.5. The van der Waals surface area contributed by atoms with Gasteiger partial charge in [-0.1, -0.05) is 35.9 Å². The summed E-state index contributed by atoms with van der Waals surface area (Å²) in [6, 6.07) is 24.9. The Morgan fingerprint density at radius 1 is 0.833 bits per heavy atom. The molecule has 2 heterocycles. The Balaban J connectivity index is 1.45. The fraction of sp³-hybridized carbons (Fsp3) is 0.214. The first kappa shape index (κ1) is 23.8. The van der Waals surface area contributed by atoms with Crippen LogP contribution in [0.15, 0.2) is 78.9 Å². The van der Waals surface area contributed by atoms with Gasteiger partial charge in [0.1, 0.15) is 17.2 Å². The maximum Gasteiger partial charge on any atom is 0.272 e. The van der Waals surface area contributed by atoms with Gasteiger partial charge in [-0.2, -0.15) is 5.10 Å². The molecule has 36 heavy (non-hydrogen) atoms. The third-order valence-electron chi connectivity index (χ3n) is 6.35. The van der Waals surface area contributed by atoms with Crippen LogP contribution in [0, 0.1) is 0 Å². The molecular formula is C28H27ClN4O3. The lowest BCUT2D eigenvalue weighted by Crippen LogP contribution is -2.49. The lowest BCUT2D eigenvalue weighted by Gasteiger charge is -2.36. The fourth-order valence-corrected chi connectivity index (χ4v) is 4.63. The van der Waals surface area contributed by atoms with E-state index in [2.05, 4.69) is 4.90 Å². The Morgan fingerprint density at radius 2 is 1.58 bits per heavy atom. The predicted molar refractivity (Wildman–Crippen MR) is 142 cm³/mol. The van der Waals surface area contributed by atoms with E-state index in [1.165, 1.54) is 0 Å². The zero-order valence-electron chi connectivity index (χ0n) is 20.2. The SMILES string of the molecule is COc1ccc(-c2cc(C(=O)N3CCN(c4cccc(Cl)c4)CC3)n(-c3ccccc3)n2)c(OC)c1. The van der Waals surface area contributed by atoms with E-state index in [9.17, 15) is 4.79 Å². The van der Waals surface area contributed by atoms with Gasteiger partial charge in [-0.05, 0) is 48.5 Å². The molecule has 0 aliphatic carbocycles. The topological polar surface area (TPSA) is 59.8 Å². The monoisotopic (exact) mass is 502 g/mol. The third-order valence-corrected chi connectivity index (χ3v) is 6.59. The molecule has 5 rings (SSSR count). The summed E-state index contributed by atoms with van der Waals surface area (Å²) in [5.41, 5.74) is 3.83. The first-order valence-electron chi connectivity index (χ1n) is 11.7. The Kier molecular flexibility index (Phi) is 6.82. The van der Waals surface area contributed by atoms with Crippen LogP contribution in [0.25, 0.3) is 16.9 Å². The molecule has 0 atom stereocenters. The van der Waals surface area contributed by atoms with E-state index in [0.717, 1.165) is 30.0 Å². The molecule has 1 aromatic heterocycles. The molecule has 1 amide bonds. The van der Waals surface area contributed by atoms with E-state index < -0.39 is 0 Å². The molecule has 0 spiro atoms. The third kappa shape index (κ3) is 4.75. The summed E-state index contributed by atoms with van der Waals surface area (Å²) >= 11 is 6.17. The number of anilines is 1. The van der Waals surface area contributed by atoms with E-state index in [0.29, 0.717) is 41.0 Å². The van der Waals surface area contributed by atoms with Gasteiger partial charge in [0.05, 0.1) is 25.6 Å². The largest absolute Gasteiger partial charge is 0.497 e. The molecule has 1 aliphatic heterocycles. The molecule has 0 unspecified atom stereocenters. The van der Waals surface area contributed by atoms with Gasteiger partial charge in [0.25, 0.3) is 5.91 Å². The van der Waals surface area contributed by atoms with Crippen LogP contribution < -0.4 is 14.4 Å². The fourth-order valence-electron chi connectivity index (χ4n) is 4.44. The number of hydrogen-bond acceptors (Lipinski definition) is 5. The zero-order chi connectivity index (χ0) is 25.1. The van der Waals surface area contributed by atoms with E-state index in [1.807, 2.05) is 83.8 Å². The second-order valence-corrected chi connectivity index (χ2v) is 8.92. The van der Waals surface area contributed by atoms with Crippen LogP contribution in [0.1, 0.15) is 10.5 Å². The molecule has 4 aromatic rings. The molecule has 8 heteroatoms. The number of hydrogen-bond donors (Lipinski definition) is 0. The van der Waals surface area contributed by atoms with Gasteiger partial charge < -0.3 is 19.3 Å². The Labute approximate surface area is 215 Å². The maximum absolute atomic E-state index is 13.8. The number of rotatable bonds is 6. The minimum Gasteiger partial charge on any atom is -0.497 e. The van der Waals surface area contributed by atoms with E-state index >= 15 is 0 Å². The smallest absolute Gasteiger partial charge is 0.272 e. The van der Waals surface area contributed by atoms with Crippen molar-refractivity contribution in [1.82, 2.24) is 14.7 Å². The quantitative estimate of drug-likeness (QED) is 0.364. The zero-order valence-corrected chi connectivity index (χ0v) is 21.0. The number of halogens is 1. The molecular weight excluding hydrogens is 476 g/mol. The standard InChI is InChI=1S/C28H27ClN4O3/c1-35-23-11-12-24(27(18-23)36-2)25-19-26(33(30-25)21-8-4-3-5-9-21)28(34)32-15-13-31(14-16-32)22-10-6-7-20(29)17-22/h3-12,17-19H,13-16H2,1-2H3. The minimum atomic E-state index is -0.0594. The number of piperazine rings is 1. The van der Waals surface area contributed by atoms with Crippen LogP contribution >= 0.6 is 11.6 Å². The second-order valence-electron chi connectivity index (χ2n) is 8.49. The number of methoxy groups -OCH3 is 2. The number of ether oxygens (including phenoxy) is 2. The van der Waals surface area contributed by atoms with Crippen LogP contribution in [0.4, 0.5) is 5.69 Å². The number of aromatic nitrogens is 2. The van der Waals surface area contributed by atoms with Crippen molar-refractivity contribution < 1.29 is 14.3 Å². The molecule has 3 aromatic carbocycles. The molecule has 0 N–H and O–H groups in total. The molecule has 1 aliphatic rings. The molecule has 1 fully saturated rings. The summed E-state index contributed by atoms with van der Waals surface area (Å²) in [4.78, 5) is 17.9. The highest BCUT2D eigenvalue weighted by molar-refractivity contribution is 6.30. The summed E-state index contributed by atoms with van der Waals surface area (Å²) in [6.45, 7) is 2.66. The molecule has 1 saturated heterocycles. The normalized spacial score (nSPS) is 13.5. The van der Waals surface area contributed by atoms with Crippen LogP contribution in [0.3, 0.4) is 0 Å². The van der Waals surface area contributed by atoms with Gasteiger partial charge in [0.15, 0.2) is 0 Å². The van der Waals surface area contributed by atoms with Crippen LogP contribution in [0.5, 0.6) is 11.5 Å². The van der Waals surface area contributed by atoms with E-state index in [-0.39, 0.29) is 5.91 Å². The Bertz CT molecular complexity index is 1360. The van der Waals surface area contributed by atoms with E-state index in [4.69, 9.17) is 26.2 Å². The van der Waals surface area contributed by atoms with Gasteiger partial charge in [0.2, 0.25) is 0 Å². The van der Waals surface area contributed by atoms with Crippen molar-refractivity contribution in [2.75, 3.05) is 45.3 Å². The first-order chi connectivity index (χ1) is 17.6. The molecule has 184 valence electrons. The molecule has 0 bridgehead atoms. The Morgan fingerprint density at radius 3 is 2.28 bits per heavy atom. The van der Waals surface area contributed by atoms with Crippen molar-refractivity contribution in [1.29, 1.82) is 0 Å². The summed E-state index contributed by atoms with van der Waals surface area (Å²) in [5.74, 6) is 1.25. The van der Waals surface area contributed by atoms with Crippen molar-refractivity contribution in [3.8, 4) is 28.4 Å².